The molecule has 0 aromatic carbocycles. The Morgan fingerprint density at radius 3 is 2.63 bits per heavy atom. The topological polar surface area (TPSA) is 88.1 Å². The Kier molecular flexibility index (Phi) is 6.75. The van der Waals surface area contributed by atoms with E-state index in [0.29, 0.717) is 32.5 Å². The summed E-state index contributed by atoms with van der Waals surface area (Å²) in [6.45, 7) is 2.67. The number of carbonyl (C=O) groups is 2. The molecule has 1 heterocycles. The molecule has 0 radical (unpaired) electrons. The number of hydrogen-bond acceptors (Lipinski definition) is 5. The van der Waals surface area contributed by atoms with Crippen LogP contribution < -0.4 is 5.32 Å². The molecule has 1 saturated heterocycles. The number of amides is 1. The van der Waals surface area contributed by atoms with Crippen LogP contribution >= 0.6 is 0 Å². The van der Waals surface area contributed by atoms with E-state index in [1.54, 1.807) is 7.11 Å². The number of aliphatic carboxylic acids is 1. The lowest BCUT2D eigenvalue weighted by atomic mass is 10.2. The maximum absolute atomic E-state index is 11.7. The highest BCUT2D eigenvalue weighted by Gasteiger charge is 2.34. The van der Waals surface area contributed by atoms with Crippen molar-refractivity contribution in [2.75, 3.05) is 40.4 Å². The van der Waals surface area contributed by atoms with E-state index >= 15 is 0 Å². The van der Waals surface area contributed by atoms with Gasteiger partial charge in [-0.1, -0.05) is 0 Å². The highest BCUT2D eigenvalue weighted by molar-refractivity contribution is 5.82. The predicted octanol–water partition coefficient (Wildman–Crippen LogP) is -0.687. The van der Waals surface area contributed by atoms with E-state index in [1.165, 1.54) is 0 Å². The summed E-state index contributed by atoms with van der Waals surface area (Å²) in [5.74, 6) is -1.24. The van der Waals surface area contributed by atoms with Gasteiger partial charge in [-0.25, -0.2) is 4.79 Å². The van der Waals surface area contributed by atoms with Crippen LogP contribution in [0, 0.1) is 0 Å². The van der Waals surface area contributed by atoms with Crippen molar-refractivity contribution in [3.05, 3.63) is 0 Å². The summed E-state index contributed by atoms with van der Waals surface area (Å²) in [5.41, 5.74) is 0. The van der Waals surface area contributed by atoms with Crippen LogP contribution in [0.1, 0.15) is 12.8 Å². The van der Waals surface area contributed by atoms with E-state index in [4.69, 9.17) is 14.6 Å². The van der Waals surface area contributed by atoms with Crippen LogP contribution in [0.2, 0.25) is 0 Å². The van der Waals surface area contributed by atoms with Crippen molar-refractivity contribution in [2.45, 2.75) is 25.0 Å². The maximum atomic E-state index is 11.7. The molecule has 0 spiro atoms. The average molecular weight is 274 g/mol. The first-order valence-electron chi connectivity index (χ1n) is 6.38. The zero-order valence-electron chi connectivity index (χ0n) is 11.4. The molecule has 1 rings (SSSR count). The molecule has 2 atom stereocenters. The lowest BCUT2D eigenvalue weighted by molar-refractivity contribution is -0.151. The smallest absolute Gasteiger partial charge is 0.332 e. The van der Waals surface area contributed by atoms with E-state index < -0.39 is 18.2 Å². The van der Waals surface area contributed by atoms with Crippen molar-refractivity contribution in [1.82, 2.24) is 10.2 Å². The van der Waals surface area contributed by atoms with Crippen LogP contribution in [0.3, 0.4) is 0 Å². The molecular formula is C12H22N2O5. The molecule has 1 aliphatic heterocycles. The van der Waals surface area contributed by atoms with Crippen molar-refractivity contribution >= 4 is 11.9 Å². The summed E-state index contributed by atoms with van der Waals surface area (Å²) in [5, 5.41) is 11.5. The highest BCUT2D eigenvalue weighted by Crippen LogP contribution is 2.19. The van der Waals surface area contributed by atoms with Gasteiger partial charge in [0.15, 0.2) is 6.10 Å². The van der Waals surface area contributed by atoms with E-state index in [1.807, 2.05) is 11.9 Å². The minimum atomic E-state index is -1.01. The second-order valence-electron chi connectivity index (χ2n) is 4.62. The number of hydrogen-bond donors (Lipinski definition) is 2. The Morgan fingerprint density at radius 1 is 1.37 bits per heavy atom. The molecule has 0 saturated carbocycles. The summed E-state index contributed by atoms with van der Waals surface area (Å²) in [4.78, 5) is 24.5. The maximum Gasteiger partial charge on any atom is 0.332 e. The third-order valence-electron chi connectivity index (χ3n) is 3.06. The minimum Gasteiger partial charge on any atom is -0.479 e. The predicted molar refractivity (Wildman–Crippen MR) is 67.9 cm³/mol. The third-order valence-corrected chi connectivity index (χ3v) is 3.06. The van der Waals surface area contributed by atoms with Crippen LogP contribution in [0.15, 0.2) is 0 Å². The van der Waals surface area contributed by atoms with Crippen LogP contribution in [0.5, 0.6) is 0 Å². The molecule has 0 aromatic rings. The SMILES string of the molecule is COCCN(C)CCNC(=O)[C@@H]1CC[C@H](C(=O)O)O1. The number of carbonyl (C=O) groups excluding carboxylic acids is 1. The monoisotopic (exact) mass is 274 g/mol. The number of methoxy groups -OCH3 is 1. The second kappa shape index (κ2) is 8.08. The van der Waals surface area contributed by atoms with Gasteiger partial charge in [0, 0.05) is 26.7 Å². The van der Waals surface area contributed by atoms with Crippen LogP contribution in [-0.2, 0) is 19.1 Å². The fourth-order valence-corrected chi connectivity index (χ4v) is 1.85. The van der Waals surface area contributed by atoms with Gasteiger partial charge in [-0.2, -0.15) is 0 Å². The Bertz CT molecular complexity index is 310. The van der Waals surface area contributed by atoms with E-state index in [-0.39, 0.29) is 5.91 Å². The van der Waals surface area contributed by atoms with E-state index in [9.17, 15) is 9.59 Å². The number of carboxylic acid groups (broad SMARTS) is 1. The standard InChI is InChI=1S/C12H22N2O5/c1-14(7-8-18-2)6-5-13-11(15)9-3-4-10(19-9)12(16)17/h9-10H,3-8H2,1-2H3,(H,13,15)(H,16,17)/t9-,10+/m0/s1. The Morgan fingerprint density at radius 2 is 2.05 bits per heavy atom. The molecule has 0 unspecified atom stereocenters. The summed E-state index contributed by atoms with van der Waals surface area (Å²) in [6, 6.07) is 0. The summed E-state index contributed by atoms with van der Waals surface area (Å²) in [7, 11) is 3.59. The number of ether oxygens (including phenoxy) is 2. The van der Waals surface area contributed by atoms with Crippen molar-refractivity contribution < 1.29 is 24.2 Å². The number of nitrogens with one attached hydrogen (secondary N) is 1. The number of likely N-dealkylation sites (N-methyl/N-ethyl adjacent to an activating group) is 1. The Labute approximate surface area is 112 Å². The van der Waals surface area contributed by atoms with Gasteiger partial charge in [0.2, 0.25) is 5.91 Å². The zero-order valence-corrected chi connectivity index (χ0v) is 11.4. The van der Waals surface area contributed by atoms with Gasteiger partial charge in [0.25, 0.3) is 0 Å². The molecule has 7 heteroatoms. The number of nitrogens with zero attached hydrogens (tertiary/aromatic N) is 1. The van der Waals surface area contributed by atoms with Gasteiger partial charge in [-0.3, -0.25) is 4.79 Å². The molecule has 0 bridgehead atoms. The van der Waals surface area contributed by atoms with Crippen molar-refractivity contribution in [1.29, 1.82) is 0 Å². The first-order chi connectivity index (χ1) is 9.04. The van der Waals surface area contributed by atoms with Gasteiger partial charge < -0.3 is 24.8 Å². The highest BCUT2D eigenvalue weighted by atomic mass is 16.5. The van der Waals surface area contributed by atoms with Gasteiger partial charge in [0.1, 0.15) is 6.10 Å². The fourth-order valence-electron chi connectivity index (χ4n) is 1.85. The number of rotatable bonds is 8. The molecule has 0 aromatic heterocycles. The van der Waals surface area contributed by atoms with Gasteiger partial charge >= 0.3 is 5.97 Å². The fraction of sp³-hybridized carbons (Fsp3) is 0.833. The van der Waals surface area contributed by atoms with Crippen LogP contribution in [-0.4, -0.2) is 74.5 Å². The average Bonchev–Trinajstić information content (AvgIpc) is 2.86. The minimum absolute atomic E-state index is 0.233. The summed E-state index contributed by atoms with van der Waals surface area (Å²) < 4.78 is 10.1. The molecule has 2 N–H and O–H groups in total. The molecule has 1 fully saturated rings. The zero-order chi connectivity index (χ0) is 14.3. The molecule has 0 aliphatic carbocycles. The van der Waals surface area contributed by atoms with Gasteiger partial charge in [-0.05, 0) is 19.9 Å². The lowest BCUT2D eigenvalue weighted by Crippen LogP contribution is -2.40. The Hall–Kier alpha value is -1.18. The van der Waals surface area contributed by atoms with E-state index in [0.717, 1.165) is 6.54 Å². The first kappa shape index (κ1) is 15.9. The molecule has 1 amide bonds. The van der Waals surface area contributed by atoms with Gasteiger partial charge in [-0.15, -0.1) is 0 Å². The van der Waals surface area contributed by atoms with Crippen molar-refractivity contribution in [3.63, 3.8) is 0 Å². The van der Waals surface area contributed by atoms with Crippen LogP contribution in [0.25, 0.3) is 0 Å². The second-order valence-corrected chi connectivity index (χ2v) is 4.62. The lowest BCUT2D eigenvalue weighted by Gasteiger charge is -2.17. The normalized spacial score (nSPS) is 22.7. The molecule has 19 heavy (non-hydrogen) atoms. The quantitative estimate of drug-likeness (QED) is 0.609. The van der Waals surface area contributed by atoms with Crippen molar-refractivity contribution in [2.24, 2.45) is 0 Å². The van der Waals surface area contributed by atoms with Crippen LogP contribution in [0.4, 0.5) is 0 Å². The third kappa shape index (κ3) is 5.54. The Balaban J connectivity index is 2.16. The summed E-state index contributed by atoms with van der Waals surface area (Å²) >= 11 is 0. The molecular weight excluding hydrogens is 252 g/mol. The van der Waals surface area contributed by atoms with Crippen molar-refractivity contribution in [3.8, 4) is 0 Å². The molecule has 110 valence electrons. The summed E-state index contributed by atoms with van der Waals surface area (Å²) in [6.07, 6.45) is -0.630. The van der Waals surface area contributed by atoms with Gasteiger partial charge in [0.05, 0.1) is 6.61 Å². The molecule has 1 aliphatic rings. The number of carboxylic acids is 1. The molecule has 7 nitrogen and oxygen atoms in total. The first-order valence-corrected chi connectivity index (χ1v) is 6.38. The van der Waals surface area contributed by atoms with E-state index in [2.05, 4.69) is 5.32 Å². The largest absolute Gasteiger partial charge is 0.479 e.